The summed E-state index contributed by atoms with van der Waals surface area (Å²) in [5.74, 6) is 0.835. The molecular formula is C21H32N2O2. The zero-order valence-corrected chi connectivity index (χ0v) is 15.7. The van der Waals surface area contributed by atoms with Crippen molar-refractivity contribution in [2.45, 2.75) is 57.4 Å². The molecule has 4 heteroatoms. The highest BCUT2D eigenvalue weighted by Gasteiger charge is 2.41. The molecule has 0 aromatic heterocycles. The standard InChI is InChI=1S/C21H32N2O2/c1-17-6-8-19(9-7-17)22-21(12-4-3-5-13-21)20(24)23(2)16-18-10-14-25-15-11-18/h6-9,18,22H,3-5,10-16H2,1-2H3. The molecule has 0 bridgehead atoms. The van der Waals surface area contributed by atoms with Crippen LogP contribution in [0.1, 0.15) is 50.5 Å². The molecule has 1 aliphatic carbocycles. The first-order valence-corrected chi connectivity index (χ1v) is 9.77. The minimum Gasteiger partial charge on any atom is -0.381 e. The van der Waals surface area contributed by atoms with Crippen molar-refractivity contribution in [1.82, 2.24) is 4.90 Å². The first-order chi connectivity index (χ1) is 12.1. The summed E-state index contributed by atoms with van der Waals surface area (Å²) >= 11 is 0. The third kappa shape index (κ3) is 4.55. The average molecular weight is 344 g/mol. The number of carbonyl (C=O) groups excluding carboxylic acids is 1. The summed E-state index contributed by atoms with van der Waals surface area (Å²) in [4.78, 5) is 15.4. The maximum absolute atomic E-state index is 13.4. The van der Waals surface area contributed by atoms with E-state index in [0.717, 1.165) is 64.0 Å². The van der Waals surface area contributed by atoms with Gasteiger partial charge in [0.2, 0.25) is 5.91 Å². The molecule has 1 saturated heterocycles. The smallest absolute Gasteiger partial charge is 0.247 e. The molecule has 1 aromatic carbocycles. The lowest BCUT2D eigenvalue weighted by atomic mass is 9.80. The Labute approximate surface area is 151 Å². The van der Waals surface area contributed by atoms with Crippen molar-refractivity contribution in [2.24, 2.45) is 5.92 Å². The fourth-order valence-corrected chi connectivity index (χ4v) is 4.23. The van der Waals surface area contributed by atoms with Crippen molar-refractivity contribution < 1.29 is 9.53 Å². The van der Waals surface area contributed by atoms with Crippen molar-refractivity contribution in [1.29, 1.82) is 0 Å². The van der Waals surface area contributed by atoms with Crippen molar-refractivity contribution in [3.63, 3.8) is 0 Å². The number of likely N-dealkylation sites (N-methyl/N-ethyl adjacent to an activating group) is 1. The Balaban J connectivity index is 1.71. The second-order valence-electron chi connectivity index (χ2n) is 7.88. The number of nitrogens with one attached hydrogen (secondary N) is 1. The van der Waals surface area contributed by atoms with Gasteiger partial charge in [-0.2, -0.15) is 0 Å². The number of hydrogen-bond acceptors (Lipinski definition) is 3. The molecule has 1 aromatic rings. The van der Waals surface area contributed by atoms with Crippen LogP contribution in [0.15, 0.2) is 24.3 Å². The number of hydrogen-bond donors (Lipinski definition) is 1. The molecule has 4 nitrogen and oxygen atoms in total. The van der Waals surface area contributed by atoms with Crippen molar-refractivity contribution in [3.8, 4) is 0 Å². The van der Waals surface area contributed by atoms with E-state index in [1.807, 2.05) is 11.9 Å². The second-order valence-corrected chi connectivity index (χ2v) is 7.88. The molecule has 25 heavy (non-hydrogen) atoms. The number of rotatable bonds is 5. The fourth-order valence-electron chi connectivity index (χ4n) is 4.23. The zero-order chi connectivity index (χ0) is 17.7. The van der Waals surface area contributed by atoms with Gasteiger partial charge in [-0.1, -0.05) is 37.0 Å². The second kappa shape index (κ2) is 8.22. The highest BCUT2D eigenvalue weighted by Crippen LogP contribution is 2.34. The summed E-state index contributed by atoms with van der Waals surface area (Å²) in [6.07, 6.45) is 7.46. The highest BCUT2D eigenvalue weighted by atomic mass is 16.5. The van der Waals surface area contributed by atoms with E-state index >= 15 is 0 Å². The number of carbonyl (C=O) groups is 1. The predicted molar refractivity (Wildman–Crippen MR) is 102 cm³/mol. The van der Waals surface area contributed by atoms with Gasteiger partial charge in [0.15, 0.2) is 0 Å². The molecular weight excluding hydrogens is 312 g/mol. The Morgan fingerprint density at radius 2 is 1.80 bits per heavy atom. The van der Waals surface area contributed by atoms with Crippen molar-refractivity contribution in [3.05, 3.63) is 29.8 Å². The molecule has 0 atom stereocenters. The molecule has 2 fully saturated rings. The highest BCUT2D eigenvalue weighted by molar-refractivity contribution is 5.89. The minimum absolute atomic E-state index is 0.263. The van der Waals surface area contributed by atoms with Crippen molar-refractivity contribution in [2.75, 3.05) is 32.1 Å². The molecule has 0 radical (unpaired) electrons. The molecule has 1 heterocycles. The Bertz CT molecular complexity index is 558. The molecule has 1 N–H and O–H groups in total. The van der Waals surface area contributed by atoms with Crippen LogP contribution in [0.25, 0.3) is 0 Å². The normalized spacial score (nSPS) is 20.9. The van der Waals surface area contributed by atoms with E-state index in [4.69, 9.17) is 4.74 Å². The van der Waals surface area contributed by atoms with Crippen LogP contribution in [0, 0.1) is 12.8 Å². The van der Waals surface area contributed by atoms with Gasteiger partial charge in [0, 0.05) is 32.5 Å². The summed E-state index contributed by atoms with van der Waals surface area (Å²) in [5, 5.41) is 3.62. The lowest BCUT2D eigenvalue weighted by Gasteiger charge is -2.41. The molecule has 0 unspecified atom stereocenters. The number of benzene rings is 1. The summed E-state index contributed by atoms with van der Waals surface area (Å²) in [5.41, 5.74) is 1.86. The molecule has 1 amide bonds. The largest absolute Gasteiger partial charge is 0.381 e. The van der Waals surface area contributed by atoms with Gasteiger partial charge in [-0.3, -0.25) is 4.79 Å². The van der Waals surface area contributed by atoms with Crippen LogP contribution in [0.2, 0.25) is 0 Å². The molecule has 3 rings (SSSR count). The summed E-state index contributed by atoms with van der Waals surface area (Å²) in [7, 11) is 1.98. The fraction of sp³-hybridized carbons (Fsp3) is 0.667. The topological polar surface area (TPSA) is 41.6 Å². The summed E-state index contributed by atoms with van der Waals surface area (Å²) in [6, 6.07) is 8.40. The first kappa shape index (κ1) is 18.2. The number of anilines is 1. The Morgan fingerprint density at radius 1 is 1.16 bits per heavy atom. The number of amides is 1. The quantitative estimate of drug-likeness (QED) is 0.878. The van der Waals surface area contributed by atoms with Crippen molar-refractivity contribution >= 4 is 11.6 Å². The predicted octanol–water partition coefficient (Wildman–Crippen LogP) is 3.99. The number of ether oxygens (including phenoxy) is 1. The summed E-state index contributed by atoms with van der Waals surface area (Å²) < 4.78 is 5.45. The van der Waals surface area contributed by atoms with E-state index in [9.17, 15) is 4.79 Å². The average Bonchev–Trinajstić information content (AvgIpc) is 2.64. The number of nitrogens with zero attached hydrogens (tertiary/aromatic N) is 1. The van der Waals surface area contributed by atoms with Gasteiger partial charge < -0.3 is 15.0 Å². The molecule has 2 aliphatic rings. The van der Waals surface area contributed by atoms with Gasteiger partial charge in [-0.15, -0.1) is 0 Å². The lowest BCUT2D eigenvalue weighted by molar-refractivity contribution is -0.136. The van der Waals surface area contributed by atoms with E-state index < -0.39 is 5.54 Å². The SMILES string of the molecule is Cc1ccc(NC2(C(=O)N(C)CC3CCOCC3)CCCCC2)cc1. The van der Waals surface area contributed by atoms with Gasteiger partial charge in [-0.25, -0.2) is 0 Å². The van der Waals surface area contributed by atoms with Gasteiger partial charge >= 0.3 is 0 Å². The number of aryl methyl sites for hydroxylation is 1. The third-order valence-corrected chi connectivity index (χ3v) is 5.77. The molecule has 0 spiro atoms. The van der Waals surface area contributed by atoms with E-state index in [1.54, 1.807) is 0 Å². The Kier molecular flexibility index (Phi) is 6.00. The van der Waals surface area contributed by atoms with Crippen LogP contribution < -0.4 is 5.32 Å². The van der Waals surface area contributed by atoms with Crippen LogP contribution in [-0.2, 0) is 9.53 Å². The van der Waals surface area contributed by atoms with Gasteiger partial charge in [0.1, 0.15) is 5.54 Å². The van der Waals surface area contributed by atoms with Crippen LogP contribution in [0.4, 0.5) is 5.69 Å². The zero-order valence-electron chi connectivity index (χ0n) is 15.7. The first-order valence-electron chi connectivity index (χ1n) is 9.77. The Hall–Kier alpha value is -1.55. The van der Waals surface area contributed by atoms with Crippen LogP contribution in [0.3, 0.4) is 0 Å². The maximum Gasteiger partial charge on any atom is 0.247 e. The van der Waals surface area contributed by atoms with E-state index in [0.29, 0.717) is 5.92 Å². The van der Waals surface area contributed by atoms with E-state index in [1.165, 1.54) is 12.0 Å². The molecule has 138 valence electrons. The maximum atomic E-state index is 13.4. The van der Waals surface area contributed by atoms with Gasteiger partial charge in [0.25, 0.3) is 0 Å². The van der Waals surface area contributed by atoms with Gasteiger partial charge in [0.05, 0.1) is 0 Å². The van der Waals surface area contributed by atoms with Crippen LogP contribution >= 0.6 is 0 Å². The Morgan fingerprint density at radius 3 is 2.44 bits per heavy atom. The third-order valence-electron chi connectivity index (χ3n) is 5.77. The lowest BCUT2D eigenvalue weighted by Crippen LogP contribution is -2.55. The summed E-state index contributed by atoms with van der Waals surface area (Å²) in [6.45, 7) is 4.60. The van der Waals surface area contributed by atoms with Crippen LogP contribution in [-0.4, -0.2) is 43.2 Å². The minimum atomic E-state index is -0.437. The van der Waals surface area contributed by atoms with E-state index in [-0.39, 0.29) is 5.91 Å². The monoisotopic (exact) mass is 344 g/mol. The van der Waals surface area contributed by atoms with Crippen LogP contribution in [0.5, 0.6) is 0 Å². The van der Waals surface area contributed by atoms with Gasteiger partial charge in [-0.05, 0) is 50.7 Å². The van der Waals surface area contributed by atoms with E-state index in [2.05, 4.69) is 36.5 Å². The molecule has 1 aliphatic heterocycles. The molecule has 1 saturated carbocycles.